The van der Waals surface area contributed by atoms with E-state index in [1.807, 2.05) is 6.07 Å². The summed E-state index contributed by atoms with van der Waals surface area (Å²) in [5.74, 6) is 0. The molecule has 2 N–H and O–H groups in total. The van der Waals surface area contributed by atoms with Crippen LogP contribution in [-0.2, 0) is 6.42 Å². The lowest BCUT2D eigenvalue weighted by Gasteiger charge is -2.32. The van der Waals surface area contributed by atoms with E-state index in [0.717, 1.165) is 12.2 Å². The van der Waals surface area contributed by atoms with Crippen molar-refractivity contribution < 1.29 is 0 Å². The lowest BCUT2D eigenvalue weighted by molar-refractivity contribution is 0.766. The minimum Gasteiger partial charge on any atom is -0.399 e. The van der Waals surface area contributed by atoms with E-state index in [1.165, 1.54) is 40.9 Å². The second-order valence-electron chi connectivity index (χ2n) is 5.49. The molecule has 2 aromatic rings. The molecule has 0 amide bonds. The van der Waals surface area contributed by atoms with Gasteiger partial charge in [0.2, 0.25) is 0 Å². The van der Waals surface area contributed by atoms with Crippen molar-refractivity contribution in [1.82, 2.24) is 0 Å². The third-order valence-corrected chi connectivity index (χ3v) is 3.75. The first-order chi connectivity index (χ1) is 9.13. The van der Waals surface area contributed by atoms with Crippen molar-refractivity contribution in [3.8, 4) is 0 Å². The Morgan fingerprint density at radius 2 is 1.84 bits per heavy atom. The number of nitrogens with two attached hydrogens (primary N) is 1. The van der Waals surface area contributed by atoms with Crippen molar-refractivity contribution >= 4 is 17.1 Å². The maximum absolute atomic E-state index is 5.98. The Labute approximate surface area is 114 Å². The maximum Gasteiger partial charge on any atom is 0.0443 e. The van der Waals surface area contributed by atoms with Gasteiger partial charge in [-0.3, -0.25) is 0 Å². The van der Waals surface area contributed by atoms with E-state index in [1.54, 1.807) is 0 Å². The summed E-state index contributed by atoms with van der Waals surface area (Å²) in [6, 6.07) is 13.0. The van der Waals surface area contributed by atoms with Gasteiger partial charge < -0.3 is 10.6 Å². The topological polar surface area (TPSA) is 29.3 Å². The molecule has 0 spiro atoms. The second-order valence-corrected chi connectivity index (χ2v) is 5.49. The van der Waals surface area contributed by atoms with Crippen LogP contribution in [0.15, 0.2) is 36.4 Å². The van der Waals surface area contributed by atoms with Crippen LogP contribution in [0, 0.1) is 13.8 Å². The van der Waals surface area contributed by atoms with Crippen molar-refractivity contribution in [3.63, 3.8) is 0 Å². The van der Waals surface area contributed by atoms with Crippen molar-refractivity contribution in [1.29, 1.82) is 0 Å². The van der Waals surface area contributed by atoms with Gasteiger partial charge in [0, 0.05) is 23.6 Å². The SMILES string of the molecule is Cc1cc(N)cc(N2CCCc3cc(C)ccc32)c1. The molecule has 0 atom stereocenters. The normalized spacial score (nSPS) is 14.3. The first-order valence-corrected chi connectivity index (χ1v) is 6.88. The van der Waals surface area contributed by atoms with Crippen LogP contribution in [0.3, 0.4) is 0 Å². The Morgan fingerprint density at radius 3 is 2.63 bits per heavy atom. The Morgan fingerprint density at radius 1 is 1.00 bits per heavy atom. The van der Waals surface area contributed by atoms with Gasteiger partial charge in [0.15, 0.2) is 0 Å². The maximum atomic E-state index is 5.98. The van der Waals surface area contributed by atoms with E-state index in [4.69, 9.17) is 5.73 Å². The molecule has 2 heteroatoms. The molecular formula is C17H20N2. The molecule has 0 saturated carbocycles. The van der Waals surface area contributed by atoms with E-state index in [2.05, 4.69) is 49.1 Å². The number of anilines is 3. The molecule has 0 aromatic heterocycles. The molecule has 0 saturated heterocycles. The highest BCUT2D eigenvalue weighted by atomic mass is 15.1. The van der Waals surface area contributed by atoms with Gasteiger partial charge in [0.1, 0.15) is 0 Å². The van der Waals surface area contributed by atoms with Crippen LogP contribution in [0.25, 0.3) is 0 Å². The minimum absolute atomic E-state index is 0.842. The number of nitrogens with zero attached hydrogens (tertiary/aromatic N) is 1. The van der Waals surface area contributed by atoms with Crippen molar-refractivity contribution in [2.24, 2.45) is 0 Å². The van der Waals surface area contributed by atoms with E-state index >= 15 is 0 Å². The number of hydrogen-bond donors (Lipinski definition) is 1. The van der Waals surface area contributed by atoms with Crippen LogP contribution in [0.2, 0.25) is 0 Å². The molecule has 1 aliphatic rings. The summed E-state index contributed by atoms with van der Waals surface area (Å²) >= 11 is 0. The Balaban J connectivity index is 2.08. The first kappa shape index (κ1) is 12.1. The Hall–Kier alpha value is -1.96. The van der Waals surface area contributed by atoms with Gasteiger partial charge in [-0.15, -0.1) is 0 Å². The molecule has 3 rings (SSSR count). The molecule has 0 radical (unpaired) electrons. The number of benzene rings is 2. The molecule has 2 aromatic carbocycles. The highest BCUT2D eigenvalue weighted by Crippen LogP contribution is 2.35. The average Bonchev–Trinajstić information content (AvgIpc) is 2.36. The molecule has 1 aliphatic heterocycles. The largest absolute Gasteiger partial charge is 0.399 e. The highest BCUT2D eigenvalue weighted by Gasteiger charge is 2.18. The van der Waals surface area contributed by atoms with Gasteiger partial charge in [-0.1, -0.05) is 17.7 Å². The average molecular weight is 252 g/mol. The number of nitrogen functional groups attached to an aromatic ring is 1. The van der Waals surface area contributed by atoms with Crippen LogP contribution in [-0.4, -0.2) is 6.54 Å². The van der Waals surface area contributed by atoms with Gasteiger partial charge >= 0.3 is 0 Å². The third kappa shape index (κ3) is 2.30. The number of aryl methyl sites for hydroxylation is 3. The summed E-state index contributed by atoms with van der Waals surface area (Å²) in [7, 11) is 0. The summed E-state index contributed by atoms with van der Waals surface area (Å²) in [6.07, 6.45) is 2.37. The number of rotatable bonds is 1. The van der Waals surface area contributed by atoms with E-state index in [-0.39, 0.29) is 0 Å². The standard InChI is InChI=1S/C17H20N2/c1-12-5-6-17-14(8-12)4-3-7-19(17)16-10-13(2)9-15(18)11-16/h5-6,8-11H,3-4,7,18H2,1-2H3. The molecule has 19 heavy (non-hydrogen) atoms. The summed E-state index contributed by atoms with van der Waals surface area (Å²) in [5.41, 5.74) is 13.4. The Bertz CT molecular complexity index is 596. The minimum atomic E-state index is 0.842. The summed E-state index contributed by atoms with van der Waals surface area (Å²) in [6.45, 7) is 5.32. The van der Waals surface area contributed by atoms with E-state index < -0.39 is 0 Å². The fraction of sp³-hybridized carbons (Fsp3) is 0.294. The fourth-order valence-electron chi connectivity index (χ4n) is 2.94. The number of fused-ring (bicyclic) bond motifs is 1. The Kier molecular flexibility index (Phi) is 2.94. The molecule has 0 bridgehead atoms. The zero-order valence-electron chi connectivity index (χ0n) is 11.6. The van der Waals surface area contributed by atoms with Gasteiger partial charge in [0.25, 0.3) is 0 Å². The molecule has 0 unspecified atom stereocenters. The van der Waals surface area contributed by atoms with Gasteiger partial charge in [-0.25, -0.2) is 0 Å². The van der Waals surface area contributed by atoms with Crippen LogP contribution >= 0.6 is 0 Å². The van der Waals surface area contributed by atoms with Crippen molar-refractivity contribution in [2.75, 3.05) is 17.2 Å². The molecule has 98 valence electrons. The third-order valence-electron chi connectivity index (χ3n) is 3.75. The monoisotopic (exact) mass is 252 g/mol. The second kappa shape index (κ2) is 4.61. The van der Waals surface area contributed by atoms with Crippen molar-refractivity contribution in [2.45, 2.75) is 26.7 Å². The number of hydrogen-bond acceptors (Lipinski definition) is 2. The zero-order chi connectivity index (χ0) is 13.4. The van der Waals surface area contributed by atoms with Gasteiger partial charge in [0.05, 0.1) is 0 Å². The zero-order valence-corrected chi connectivity index (χ0v) is 11.6. The lowest BCUT2D eigenvalue weighted by atomic mass is 9.98. The predicted octanol–water partition coefficient (Wildman–Crippen LogP) is 3.97. The van der Waals surface area contributed by atoms with Gasteiger partial charge in [-0.2, -0.15) is 0 Å². The van der Waals surface area contributed by atoms with Crippen LogP contribution in [0.4, 0.5) is 17.1 Å². The predicted molar refractivity (Wildman–Crippen MR) is 82.1 cm³/mol. The van der Waals surface area contributed by atoms with E-state index in [9.17, 15) is 0 Å². The summed E-state index contributed by atoms with van der Waals surface area (Å²) in [4.78, 5) is 2.39. The highest BCUT2D eigenvalue weighted by molar-refractivity contribution is 5.71. The fourth-order valence-corrected chi connectivity index (χ4v) is 2.94. The van der Waals surface area contributed by atoms with Crippen LogP contribution in [0.1, 0.15) is 23.1 Å². The first-order valence-electron chi connectivity index (χ1n) is 6.88. The van der Waals surface area contributed by atoms with Gasteiger partial charge in [-0.05, 0) is 62.1 Å². The van der Waals surface area contributed by atoms with E-state index in [0.29, 0.717) is 0 Å². The lowest BCUT2D eigenvalue weighted by Crippen LogP contribution is -2.24. The quantitative estimate of drug-likeness (QED) is 0.778. The smallest absolute Gasteiger partial charge is 0.0443 e. The summed E-state index contributed by atoms with van der Waals surface area (Å²) in [5, 5.41) is 0. The molecule has 0 fully saturated rings. The molecule has 0 aliphatic carbocycles. The van der Waals surface area contributed by atoms with Crippen LogP contribution in [0.5, 0.6) is 0 Å². The molecule has 1 heterocycles. The molecular weight excluding hydrogens is 232 g/mol. The van der Waals surface area contributed by atoms with Crippen molar-refractivity contribution in [3.05, 3.63) is 53.1 Å². The molecule has 2 nitrogen and oxygen atoms in total. The summed E-state index contributed by atoms with van der Waals surface area (Å²) < 4.78 is 0. The van der Waals surface area contributed by atoms with Crippen LogP contribution < -0.4 is 10.6 Å².